The van der Waals surface area contributed by atoms with Gasteiger partial charge < -0.3 is 19.8 Å². The first-order valence-electron chi connectivity index (χ1n) is 12.5. The number of nitrogens with zero attached hydrogens (tertiary/aromatic N) is 1. The van der Waals surface area contributed by atoms with Crippen molar-refractivity contribution in [3.63, 3.8) is 0 Å². The van der Waals surface area contributed by atoms with Crippen molar-refractivity contribution in [3.8, 4) is 22.5 Å². The molecule has 4 rings (SSSR count). The van der Waals surface area contributed by atoms with Gasteiger partial charge >= 0.3 is 11.9 Å². The number of anilines is 1. The van der Waals surface area contributed by atoms with Gasteiger partial charge in [0.15, 0.2) is 5.16 Å². The Morgan fingerprint density at radius 2 is 1.54 bits per heavy atom. The van der Waals surface area contributed by atoms with E-state index in [9.17, 15) is 14.4 Å². The van der Waals surface area contributed by atoms with Crippen molar-refractivity contribution in [3.05, 3.63) is 76.7 Å². The molecule has 0 radical (unpaired) electrons. The van der Waals surface area contributed by atoms with Gasteiger partial charge in [0.05, 0.1) is 30.2 Å². The molecule has 0 spiro atoms. The smallest absolute Gasteiger partial charge is 0.348 e. The van der Waals surface area contributed by atoms with Crippen molar-refractivity contribution >= 4 is 45.9 Å². The van der Waals surface area contributed by atoms with E-state index in [2.05, 4.69) is 10.3 Å². The van der Waals surface area contributed by atoms with Crippen molar-refractivity contribution in [2.24, 2.45) is 0 Å². The lowest BCUT2D eigenvalue weighted by Crippen LogP contribution is -2.15. The number of esters is 2. The Morgan fingerprint density at radius 3 is 2.18 bits per heavy atom. The minimum atomic E-state index is -0.594. The molecule has 0 aliphatic rings. The summed E-state index contributed by atoms with van der Waals surface area (Å²) in [5, 5.41) is 3.77. The fraction of sp³-hybridized carbons (Fsp3) is 0.241. The molecule has 0 atom stereocenters. The summed E-state index contributed by atoms with van der Waals surface area (Å²) < 4.78 is 10.3. The molecule has 2 N–H and O–H groups in total. The molecule has 0 unspecified atom stereocenters. The SMILES string of the molecule is CCOC(=O)c1sc(NC(=O)CCSc2nc(-c3ccccc3)c(-c3ccccc3)[nH]2)c(C(=O)OCC)c1C. The summed E-state index contributed by atoms with van der Waals surface area (Å²) in [5.41, 5.74) is 4.37. The van der Waals surface area contributed by atoms with Crippen molar-refractivity contribution < 1.29 is 23.9 Å². The summed E-state index contributed by atoms with van der Waals surface area (Å²) in [4.78, 5) is 46.3. The summed E-state index contributed by atoms with van der Waals surface area (Å²) in [6, 6.07) is 19.9. The Labute approximate surface area is 235 Å². The molecule has 0 saturated heterocycles. The highest BCUT2D eigenvalue weighted by molar-refractivity contribution is 7.99. The molecule has 2 heterocycles. The van der Waals surface area contributed by atoms with E-state index in [0.29, 0.717) is 16.5 Å². The molecule has 0 aliphatic heterocycles. The highest BCUT2D eigenvalue weighted by Crippen LogP contribution is 2.35. The molecule has 8 nitrogen and oxygen atoms in total. The van der Waals surface area contributed by atoms with Gasteiger partial charge in [0.2, 0.25) is 5.91 Å². The summed E-state index contributed by atoms with van der Waals surface area (Å²) in [5.74, 6) is -0.972. The van der Waals surface area contributed by atoms with E-state index in [-0.39, 0.29) is 41.0 Å². The lowest BCUT2D eigenvalue weighted by atomic mass is 10.1. The van der Waals surface area contributed by atoms with E-state index < -0.39 is 11.9 Å². The van der Waals surface area contributed by atoms with Crippen LogP contribution >= 0.6 is 23.1 Å². The Kier molecular flexibility index (Phi) is 9.56. The van der Waals surface area contributed by atoms with Crippen LogP contribution in [0.5, 0.6) is 0 Å². The van der Waals surface area contributed by atoms with Crippen molar-refractivity contribution in [1.82, 2.24) is 9.97 Å². The maximum absolute atomic E-state index is 12.8. The Morgan fingerprint density at radius 1 is 0.923 bits per heavy atom. The molecule has 39 heavy (non-hydrogen) atoms. The first kappa shape index (κ1) is 28.1. The van der Waals surface area contributed by atoms with Crippen LogP contribution in [0.3, 0.4) is 0 Å². The number of aromatic amines is 1. The number of thiophene rings is 1. The van der Waals surface area contributed by atoms with E-state index >= 15 is 0 Å². The first-order chi connectivity index (χ1) is 18.9. The Hall–Kier alpha value is -3.89. The number of hydrogen-bond acceptors (Lipinski definition) is 8. The van der Waals surface area contributed by atoms with Crippen LogP contribution in [0.15, 0.2) is 65.8 Å². The van der Waals surface area contributed by atoms with Crippen molar-refractivity contribution in [2.45, 2.75) is 32.3 Å². The van der Waals surface area contributed by atoms with Gasteiger partial charge in [-0.25, -0.2) is 14.6 Å². The van der Waals surface area contributed by atoms with Crippen LogP contribution in [-0.2, 0) is 14.3 Å². The number of benzene rings is 2. The van der Waals surface area contributed by atoms with Crippen LogP contribution in [0, 0.1) is 6.92 Å². The van der Waals surface area contributed by atoms with Gasteiger partial charge in [0.1, 0.15) is 9.88 Å². The monoisotopic (exact) mass is 563 g/mol. The van der Waals surface area contributed by atoms with Gasteiger partial charge in [-0.2, -0.15) is 0 Å². The number of nitrogens with one attached hydrogen (secondary N) is 2. The molecule has 0 aliphatic carbocycles. The normalized spacial score (nSPS) is 10.7. The molecular weight excluding hydrogens is 534 g/mol. The topological polar surface area (TPSA) is 110 Å². The minimum absolute atomic E-state index is 0.167. The van der Waals surface area contributed by atoms with Gasteiger partial charge in [-0.3, -0.25) is 4.79 Å². The molecule has 2 aromatic heterocycles. The highest BCUT2D eigenvalue weighted by atomic mass is 32.2. The second kappa shape index (κ2) is 13.3. The van der Waals surface area contributed by atoms with E-state index in [4.69, 9.17) is 14.5 Å². The third kappa shape index (κ3) is 6.76. The minimum Gasteiger partial charge on any atom is -0.462 e. The van der Waals surface area contributed by atoms with Crippen LogP contribution in [-0.4, -0.2) is 46.8 Å². The second-order valence-corrected chi connectivity index (χ2v) is 10.4. The molecule has 10 heteroatoms. The predicted octanol–water partition coefficient (Wildman–Crippen LogP) is 6.59. The number of aromatic nitrogens is 2. The second-order valence-electron chi connectivity index (χ2n) is 8.35. The van der Waals surface area contributed by atoms with E-state index in [1.54, 1.807) is 20.8 Å². The van der Waals surface area contributed by atoms with Crippen LogP contribution in [0.1, 0.15) is 45.9 Å². The number of rotatable bonds is 11. The zero-order chi connectivity index (χ0) is 27.8. The van der Waals surface area contributed by atoms with E-state index in [0.717, 1.165) is 33.9 Å². The summed E-state index contributed by atoms with van der Waals surface area (Å²) in [6.07, 6.45) is 0.167. The van der Waals surface area contributed by atoms with E-state index in [1.807, 2.05) is 60.7 Å². The maximum atomic E-state index is 12.8. The molecule has 0 fully saturated rings. The number of amides is 1. The van der Waals surface area contributed by atoms with Gasteiger partial charge in [-0.05, 0) is 26.3 Å². The lowest BCUT2D eigenvalue weighted by molar-refractivity contribution is -0.115. The third-order valence-electron chi connectivity index (χ3n) is 5.70. The fourth-order valence-electron chi connectivity index (χ4n) is 3.91. The molecule has 0 saturated carbocycles. The van der Waals surface area contributed by atoms with Crippen LogP contribution in [0.4, 0.5) is 5.00 Å². The van der Waals surface area contributed by atoms with Crippen LogP contribution < -0.4 is 5.32 Å². The number of imidazole rings is 1. The van der Waals surface area contributed by atoms with Crippen molar-refractivity contribution in [1.29, 1.82) is 0 Å². The van der Waals surface area contributed by atoms with Gasteiger partial charge in [-0.1, -0.05) is 72.4 Å². The quantitative estimate of drug-likeness (QED) is 0.156. The number of carbonyl (C=O) groups excluding carboxylic acids is 3. The average molecular weight is 564 g/mol. The molecule has 2 aromatic carbocycles. The molecule has 4 aromatic rings. The summed E-state index contributed by atoms with van der Waals surface area (Å²) in [7, 11) is 0. The number of hydrogen-bond donors (Lipinski definition) is 2. The Balaban J connectivity index is 1.47. The Bertz CT molecular complexity index is 1390. The van der Waals surface area contributed by atoms with Crippen LogP contribution in [0.2, 0.25) is 0 Å². The first-order valence-corrected chi connectivity index (χ1v) is 14.3. The number of H-pyrrole nitrogens is 1. The standard InChI is InChI=1S/C29H29N3O5S2/c1-4-36-27(34)22-18(3)25(28(35)37-5-2)39-26(22)30-21(33)16-17-38-29-31-23(19-12-8-6-9-13-19)24(32-29)20-14-10-7-11-15-20/h6-15H,4-5,16-17H2,1-3H3,(H,30,33)(H,31,32). The predicted molar refractivity (Wildman–Crippen MR) is 154 cm³/mol. The van der Waals surface area contributed by atoms with Gasteiger partial charge in [0.25, 0.3) is 0 Å². The summed E-state index contributed by atoms with van der Waals surface area (Å²) >= 11 is 2.45. The molecule has 202 valence electrons. The third-order valence-corrected chi connectivity index (χ3v) is 7.76. The average Bonchev–Trinajstić information content (AvgIpc) is 3.51. The lowest BCUT2D eigenvalue weighted by Gasteiger charge is -2.07. The fourth-order valence-corrected chi connectivity index (χ4v) is 5.83. The molecular formula is C29H29N3O5S2. The number of carbonyl (C=O) groups is 3. The maximum Gasteiger partial charge on any atom is 0.348 e. The van der Waals surface area contributed by atoms with Gasteiger partial charge in [0, 0.05) is 23.3 Å². The van der Waals surface area contributed by atoms with Crippen molar-refractivity contribution in [2.75, 3.05) is 24.3 Å². The molecule has 1 amide bonds. The van der Waals surface area contributed by atoms with Gasteiger partial charge in [-0.15, -0.1) is 11.3 Å². The van der Waals surface area contributed by atoms with Crippen LogP contribution in [0.25, 0.3) is 22.5 Å². The van der Waals surface area contributed by atoms with E-state index in [1.165, 1.54) is 11.8 Å². The zero-order valence-corrected chi connectivity index (χ0v) is 23.5. The molecule has 0 bridgehead atoms. The highest BCUT2D eigenvalue weighted by Gasteiger charge is 2.27. The summed E-state index contributed by atoms with van der Waals surface area (Å²) in [6.45, 7) is 5.42. The number of ether oxygens (including phenoxy) is 2. The number of thioether (sulfide) groups is 1. The zero-order valence-electron chi connectivity index (χ0n) is 21.9. The largest absolute Gasteiger partial charge is 0.462 e.